The Morgan fingerprint density at radius 1 is 1.50 bits per heavy atom. The van der Waals surface area contributed by atoms with Gasteiger partial charge in [-0.15, -0.1) is 0 Å². The summed E-state index contributed by atoms with van der Waals surface area (Å²) in [5.41, 5.74) is 0.0666. The smallest absolute Gasteiger partial charge is 0.415 e. The second kappa shape index (κ2) is 4.47. The SMILES string of the molecule is CC1=CC=NC(=O)CN1C(=O)OC(C)(C)C. The Balaban J connectivity index is 2.79. The number of aliphatic imine (C=N–C) groups is 1. The van der Waals surface area contributed by atoms with Crippen LogP contribution in [-0.4, -0.2) is 35.3 Å². The van der Waals surface area contributed by atoms with E-state index < -0.39 is 11.7 Å². The van der Waals surface area contributed by atoms with Crippen LogP contribution in [0.5, 0.6) is 0 Å². The highest BCUT2D eigenvalue weighted by atomic mass is 16.6. The van der Waals surface area contributed by atoms with Crippen LogP contribution in [0.15, 0.2) is 16.8 Å². The molecule has 0 N–H and O–H groups in total. The summed E-state index contributed by atoms with van der Waals surface area (Å²) in [4.78, 5) is 27.9. The fourth-order valence-electron chi connectivity index (χ4n) is 1.14. The van der Waals surface area contributed by atoms with Crippen molar-refractivity contribution in [1.82, 2.24) is 4.90 Å². The van der Waals surface area contributed by atoms with E-state index in [1.54, 1.807) is 33.8 Å². The lowest BCUT2D eigenvalue weighted by molar-refractivity contribution is -0.118. The minimum atomic E-state index is -0.576. The van der Waals surface area contributed by atoms with E-state index in [-0.39, 0.29) is 12.5 Å². The van der Waals surface area contributed by atoms with Gasteiger partial charge in [0, 0.05) is 11.9 Å². The summed E-state index contributed by atoms with van der Waals surface area (Å²) in [6, 6.07) is 0. The van der Waals surface area contributed by atoms with E-state index in [1.165, 1.54) is 11.1 Å². The van der Waals surface area contributed by atoms with E-state index in [9.17, 15) is 9.59 Å². The highest BCUT2D eigenvalue weighted by Gasteiger charge is 2.25. The van der Waals surface area contributed by atoms with Crippen LogP contribution in [0.25, 0.3) is 0 Å². The molecule has 0 saturated heterocycles. The first-order valence-electron chi connectivity index (χ1n) is 5.04. The Bertz CT molecular complexity index is 364. The fourth-order valence-corrected chi connectivity index (χ4v) is 1.14. The Morgan fingerprint density at radius 2 is 2.12 bits per heavy atom. The van der Waals surface area contributed by atoms with E-state index in [4.69, 9.17) is 4.74 Å². The fraction of sp³-hybridized carbons (Fsp3) is 0.545. The molecule has 0 aromatic heterocycles. The zero-order chi connectivity index (χ0) is 12.3. The van der Waals surface area contributed by atoms with Crippen LogP contribution in [0, 0.1) is 0 Å². The normalized spacial score (nSPS) is 16.9. The summed E-state index contributed by atoms with van der Waals surface area (Å²) in [6.07, 6.45) is 2.47. The van der Waals surface area contributed by atoms with Gasteiger partial charge in [-0.3, -0.25) is 9.69 Å². The lowest BCUT2D eigenvalue weighted by Crippen LogP contribution is -2.37. The number of amides is 2. The summed E-state index contributed by atoms with van der Waals surface area (Å²) >= 11 is 0. The molecular weight excluding hydrogens is 208 g/mol. The molecule has 2 amide bonds. The molecule has 0 bridgehead atoms. The number of carbonyl (C=O) groups is 2. The first-order valence-corrected chi connectivity index (χ1v) is 5.04. The average molecular weight is 224 g/mol. The predicted molar refractivity (Wildman–Crippen MR) is 60.2 cm³/mol. The van der Waals surface area contributed by atoms with Crippen molar-refractivity contribution in [3.05, 3.63) is 11.8 Å². The van der Waals surface area contributed by atoms with Crippen molar-refractivity contribution in [2.75, 3.05) is 6.54 Å². The van der Waals surface area contributed by atoms with Crippen molar-refractivity contribution in [1.29, 1.82) is 0 Å². The molecule has 0 fully saturated rings. The Morgan fingerprint density at radius 3 is 2.69 bits per heavy atom. The van der Waals surface area contributed by atoms with Gasteiger partial charge in [-0.2, -0.15) is 0 Å². The van der Waals surface area contributed by atoms with Gasteiger partial charge in [0.15, 0.2) is 0 Å². The number of carbonyl (C=O) groups excluding carboxylic acids is 2. The molecule has 0 radical (unpaired) electrons. The van der Waals surface area contributed by atoms with Gasteiger partial charge in [-0.1, -0.05) is 0 Å². The van der Waals surface area contributed by atoms with Crippen molar-refractivity contribution in [3.63, 3.8) is 0 Å². The first-order chi connectivity index (χ1) is 7.29. The van der Waals surface area contributed by atoms with Crippen molar-refractivity contribution in [3.8, 4) is 0 Å². The van der Waals surface area contributed by atoms with Gasteiger partial charge in [0.1, 0.15) is 12.1 Å². The van der Waals surface area contributed by atoms with Crippen LogP contribution in [0.1, 0.15) is 27.7 Å². The van der Waals surface area contributed by atoms with Crippen molar-refractivity contribution >= 4 is 18.2 Å². The highest BCUT2D eigenvalue weighted by Crippen LogP contribution is 2.14. The molecular formula is C11H16N2O3. The minimum Gasteiger partial charge on any atom is -0.443 e. The largest absolute Gasteiger partial charge is 0.443 e. The van der Waals surface area contributed by atoms with Crippen LogP contribution in [0.3, 0.4) is 0 Å². The molecule has 0 aromatic rings. The van der Waals surface area contributed by atoms with E-state index in [2.05, 4.69) is 4.99 Å². The minimum absolute atomic E-state index is 0.0756. The maximum atomic E-state index is 11.8. The number of nitrogens with zero attached hydrogens (tertiary/aromatic N) is 2. The van der Waals surface area contributed by atoms with Crippen molar-refractivity contribution in [2.24, 2.45) is 4.99 Å². The van der Waals surface area contributed by atoms with E-state index in [0.29, 0.717) is 5.70 Å². The zero-order valence-electron chi connectivity index (χ0n) is 9.98. The molecule has 0 atom stereocenters. The molecule has 5 heteroatoms. The molecule has 1 rings (SSSR count). The van der Waals surface area contributed by atoms with E-state index in [0.717, 1.165) is 0 Å². The third kappa shape index (κ3) is 3.49. The first kappa shape index (κ1) is 12.4. The Hall–Kier alpha value is -1.65. The number of allylic oxidation sites excluding steroid dienone is 2. The third-order valence-corrected chi connectivity index (χ3v) is 1.87. The molecule has 0 aliphatic carbocycles. The molecule has 0 saturated carbocycles. The van der Waals surface area contributed by atoms with Crippen molar-refractivity contribution < 1.29 is 14.3 Å². The monoisotopic (exact) mass is 224 g/mol. The molecule has 0 aromatic carbocycles. The van der Waals surface area contributed by atoms with Gasteiger partial charge in [-0.05, 0) is 33.8 Å². The van der Waals surface area contributed by atoms with Crippen LogP contribution >= 0.6 is 0 Å². The number of hydrogen-bond acceptors (Lipinski definition) is 3. The number of ether oxygens (including phenoxy) is 1. The summed E-state index contributed by atoms with van der Waals surface area (Å²) < 4.78 is 5.19. The Labute approximate surface area is 94.8 Å². The molecule has 16 heavy (non-hydrogen) atoms. The molecule has 1 aliphatic rings. The molecule has 0 spiro atoms. The maximum absolute atomic E-state index is 11.8. The Kier molecular flexibility index (Phi) is 3.47. The zero-order valence-corrected chi connectivity index (χ0v) is 9.98. The molecule has 5 nitrogen and oxygen atoms in total. The van der Waals surface area contributed by atoms with Gasteiger partial charge in [-0.25, -0.2) is 9.79 Å². The van der Waals surface area contributed by atoms with Crippen molar-refractivity contribution in [2.45, 2.75) is 33.3 Å². The summed E-state index contributed by atoms with van der Waals surface area (Å²) in [6.45, 7) is 6.99. The van der Waals surface area contributed by atoms with Gasteiger partial charge in [0.25, 0.3) is 5.91 Å². The maximum Gasteiger partial charge on any atom is 0.415 e. The van der Waals surface area contributed by atoms with Crippen LogP contribution < -0.4 is 0 Å². The van der Waals surface area contributed by atoms with Gasteiger partial charge < -0.3 is 4.74 Å². The summed E-state index contributed by atoms with van der Waals surface area (Å²) in [5.74, 6) is -0.362. The second-order valence-corrected chi connectivity index (χ2v) is 4.55. The molecule has 1 aliphatic heterocycles. The molecule has 1 heterocycles. The molecule has 88 valence electrons. The number of hydrogen-bond donors (Lipinski definition) is 0. The average Bonchev–Trinajstić information content (AvgIpc) is 2.25. The van der Waals surface area contributed by atoms with Crippen LogP contribution in [-0.2, 0) is 9.53 Å². The van der Waals surface area contributed by atoms with Gasteiger partial charge in [0.05, 0.1) is 0 Å². The van der Waals surface area contributed by atoms with Gasteiger partial charge in [0.2, 0.25) is 0 Å². The summed E-state index contributed by atoms with van der Waals surface area (Å²) in [7, 11) is 0. The number of rotatable bonds is 0. The van der Waals surface area contributed by atoms with Crippen LogP contribution in [0.2, 0.25) is 0 Å². The predicted octanol–water partition coefficient (Wildman–Crippen LogP) is 1.74. The van der Waals surface area contributed by atoms with E-state index in [1.807, 2.05) is 0 Å². The molecule has 0 unspecified atom stereocenters. The topological polar surface area (TPSA) is 59.0 Å². The van der Waals surface area contributed by atoms with Crippen LogP contribution in [0.4, 0.5) is 4.79 Å². The highest BCUT2D eigenvalue weighted by molar-refractivity contribution is 5.93. The second-order valence-electron chi connectivity index (χ2n) is 4.55. The summed E-state index contributed by atoms with van der Waals surface area (Å²) in [5, 5.41) is 0. The van der Waals surface area contributed by atoms with Gasteiger partial charge >= 0.3 is 6.09 Å². The standard InChI is InChI=1S/C11H16N2O3/c1-8-5-6-12-9(14)7-13(8)10(15)16-11(2,3)4/h5-6H,7H2,1-4H3. The quantitative estimate of drug-likeness (QED) is 0.629. The lowest BCUT2D eigenvalue weighted by atomic mass is 10.2. The van der Waals surface area contributed by atoms with E-state index >= 15 is 0 Å². The third-order valence-electron chi connectivity index (χ3n) is 1.87. The lowest BCUT2D eigenvalue weighted by Gasteiger charge is -2.26.